The fourth-order valence-electron chi connectivity index (χ4n) is 2.54. The standard InChI is InChI=1S/C19H19ClN4O2S/c1-13-17(11-21-22-18(25)10-16-7-4-8-27-16)19(20)24(23-13)12-14-5-3-6-15(9-14)26-2/h3-9,11H,10,12H2,1-2H3,(H,22,25)/b21-11+. The van der Waals surface area contributed by atoms with Gasteiger partial charge >= 0.3 is 0 Å². The molecule has 3 rings (SSSR count). The predicted octanol–water partition coefficient (Wildman–Crippen LogP) is 3.66. The van der Waals surface area contributed by atoms with Gasteiger partial charge in [-0.1, -0.05) is 29.8 Å². The maximum absolute atomic E-state index is 11.9. The minimum atomic E-state index is -0.175. The summed E-state index contributed by atoms with van der Waals surface area (Å²) in [4.78, 5) is 12.9. The molecule has 6 nitrogen and oxygen atoms in total. The molecule has 0 unspecified atom stereocenters. The summed E-state index contributed by atoms with van der Waals surface area (Å²) >= 11 is 7.99. The summed E-state index contributed by atoms with van der Waals surface area (Å²) in [5, 5.41) is 10.9. The quantitative estimate of drug-likeness (QED) is 0.484. The van der Waals surface area contributed by atoms with Crippen LogP contribution in [0.3, 0.4) is 0 Å². The smallest absolute Gasteiger partial charge is 0.245 e. The molecule has 2 aromatic heterocycles. The van der Waals surface area contributed by atoms with Crippen LogP contribution in [0.15, 0.2) is 46.9 Å². The molecule has 0 aliphatic heterocycles. The lowest BCUT2D eigenvalue weighted by molar-refractivity contribution is -0.120. The van der Waals surface area contributed by atoms with Gasteiger partial charge in [-0.25, -0.2) is 10.1 Å². The summed E-state index contributed by atoms with van der Waals surface area (Å²) in [5.41, 5.74) is 4.95. The highest BCUT2D eigenvalue weighted by molar-refractivity contribution is 7.10. The van der Waals surface area contributed by atoms with Crippen LogP contribution in [-0.2, 0) is 17.8 Å². The molecule has 0 saturated heterocycles. The minimum absolute atomic E-state index is 0.175. The number of carbonyl (C=O) groups is 1. The Kier molecular flexibility index (Phi) is 6.26. The van der Waals surface area contributed by atoms with E-state index in [1.54, 1.807) is 11.8 Å². The fourth-order valence-corrected chi connectivity index (χ4v) is 3.53. The monoisotopic (exact) mass is 402 g/mol. The SMILES string of the molecule is COc1cccc(Cn2nc(C)c(/C=N/NC(=O)Cc3cccs3)c2Cl)c1. The maximum Gasteiger partial charge on any atom is 0.245 e. The van der Waals surface area contributed by atoms with Crippen LogP contribution in [0, 0.1) is 6.92 Å². The molecule has 140 valence electrons. The lowest BCUT2D eigenvalue weighted by Crippen LogP contribution is -2.19. The molecule has 27 heavy (non-hydrogen) atoms. The molecule has 1 aromatic carbocycles. The number of halogens is 1. The fraction of sp³-hybridized carbons (Fsp3) is 0.211. The number of benzene rings is 1. The van der Waals surface area contributed by atoms with Gasteiger partial charge in [0.05, 0.1) is 37.5 Å². The van der Waals surface area contributed by atoms with Crippen LogP contribution in [0.2, 0.25) is 5.15 Å². The summed E-state index contributed by atoms with van der Waals surface area (Å²) in [7, 11) is 1.63. The summed E-state index contributed by atoms with van der Waals surface area (Å²) in [6, 6.07) is 11.6. The van der Waals surface area contributed by atoms with Crippen molar-refractivity contribution < 1.29 is 9.53 Å². The highest BCUT2D eigenvalue weighted by Gasteiger charge is 2.12. The third-order valence-corrected chi connectivity index (χ3v) is 5.15. The Morgan fingerprint density at radius 2 is 2.26 bits per heavy atom. The van der Waals surface area contributed by atoms with E-state index in [-0.39, 0.29) is 5.91 Å². The van der Waals surface area contributed by atoms with Crippen molar-refractivity contribution in [2.45, 2.75) is 19.9 Å². The Morgan fingerprint density at radius 1 is 1.41 bits per heavy atom. The number of aryl methyl sites for hydroxylation is 1. The first-order valence-corrected chi connectivity index (χ1v) is 9.52. The van der Waals surface area contributed by atoms with E-state index >= 15 is 0 Å². The van der Waals surface area contributed by atoms with Gasteiger partial charge < -0.3 is 4.74 Å². The van der Waals surface area contributed by atoms with Crippen molar-refractivity contribution in [3.05, 3.63) is 68.6 Å². The van der Waals surface area contributed by atoms with Gasteiger partial charge in [-0.15, -0.1) is 11.3 Å². The summed E-state index contributed by atoms with van der Waals surface area (Å²) in [6.45, 7) is 2.36. The number of thiophene rings is 1. The first-order valence-electron chi connectivity index (χ1n) is 8.27. The van der Waals surface area contributed by atoms with E-state index in [0.29, 0.717) is 23.7 Å². The number of nitrogens with zero attached hydrogens (tertiary/aromatic N) is 3. The summed E-state index contributed by atoms with van der Waals surface area (Å²) in [6.07, 6.45) is 1.83. The average molecular weight is 403 g/mol. The second-order valence-corrected chi connectivity index (χ2v) is 7.24. The number of methoxy groups -OCH3 is 1. The maximum atomic E-state index is 11.9. The molecule has 1 N–H and O–H groups in total. The van der Waals surface area contributed by atoms with Crippen LogP contribution in [0.4, 0.5) is 0 Å². The van der Waals surface area contributed by atoms with Crippen LogP contribution < -0.4 is 10.2 Å². The van der Waals surface area contributed by atoms with Crippen molar-refractivity contribution in [3.63, 3.8) is 0 Å². The van der Waals surface area contributed by atoms with E-state index in [1.807, 2.05) is 48.7 Å². The Balaban J connectivity index is 1.66. The number of nitrogens with one attached hydrogen (secondary N) is 1. The zero-order valence-corrected chi connectivity index (χ0v) is 16.5. The highest BCUT2D eigenvalue weighted by atomic mass is 35.5. The van der Waals surface area contributed by atoms with E-state index in [2.05, 4.69) is 15.6 Å². The summed E-state index contributed by atoms with van der Waals surface area (Å²) in [5.74, 6) is 0.606. The molecule has 0 atom stereocenters. The van der Waals surface area contributed by atoms with Crippen molar-refractivity contribution >= 4 is 35.1 Å². The number of ether oxygens (including phenoxy) is 1. The van der Waals surface area contributed by atoms with Crippen LogP contribution in [0.25, 0.3) is 0 Å². The van der Waals surface area contributed by atoms with Crippen molar-refractivity contribution in [2.75, 3.05) is 7.11 Å². The molecule has 3 aromatic rings. The van der Waals surface area contributed by atoms with Gasteiger partial charge in [0.2, 0.25) is 5.91 Å². The van der Waals surface area contributed by atoms with Crippen molar-refractivity contribution in [1.29, 1.82) is 0 Å². The van der Waals surface area contributed by atoms with Crippen molar-refractivity contribution in [3.8, 4) is 5.75 Å². The van der Waals surface area contributed by atoms with Gasteiger partial charge in [-0.2, -0.15) is 10.2 Å². The molecular weight excluding hydrogens is 384 g/mol. The Labute approximate surface area is 166 Å². The third kappa shape index (κ3) is 4.96. The van der Waals surface area contributed by atoms with Gasteiger partial charge in [0.1, 0.15) is 10.9 Å². The number of carbonyl (C=O) groups excluding carboxylic acids is 1. The average Bonchev–Trinajstić information content (AvgIpc) is 3.25. The largest absolute Gasteiger partial charge is 0.497 e. The molecule has 0 radical (unpaired) electrons. The van der Waals surface area contributed by atoms with Crippen molar-refractivity contribution in [1.82, 2.24) is 15.2 Å². The molecule has 0 aliphatic rings. The van der Waals surface area contributed by atoms with Gasteiger partial charge in [-0.3, -0.25) is 4.79 Å². The molecular formula is C19H19ClN4O2S. The number of amides is 1. The number of hydrogen-bond donors (Lipinski definition) is 1. The van der Waals surface area contributed by atoms with Gasteiger partial charge in [0, 0.05) is 4.88 Å². The first-order chi connectivity index (χ1) is 13.1. The molecule has 0 aliphatic carbocycles. The Bertz CT molecular complexity index is 951. The van der Waals surface area contributed by atoms with E-state index in [1.165, 1.54) is 17.6 Å². The van der Waals surface area contributed by atoms with Crippen molar-refractivity contribution in [2.24, 2.45) is 5.10 Å². The van der Waals surface area contributed by atoms with E-state index < -0.39 is 0 Å². The molecule has 0 fully saturated rings. The van der Waals surface area contributed by atoms with Crippen LogP contribution in [0.1, 0.15) is 21.7 Å². The first kappa shape index (κ1) is 19.1. The molecule has 8 heteroatoms. The number of hydrazone groups is 1. The second kappa shape index (κ2) is 8.83. The van der Waals surface area contributed by atoms with Crippen LogP contribution in [-0.4, -0.2) is 29.0 Å². The predicted molar refractivity (Wildman–Crippen MR) is 108 cm³/mol. The van der Waals surface area contributed by atoms with E-state index in [9.17, 15) is 4.79 Å². The van der Waals surface area contributed by atoms with Crippen LogP contribution >= 0.6 is 22.9 Å². The molecule has 2 heterocycles. The summed E-state index contributed by atoms with van der Waals surface area (Å²) < 4.78 is 6.94. The minimum Gasteiger partial charge on any atom is -0.497 e. The number of aromatic nitrogens is 2. The molecule has 0 spiro atoms. The molecule has 0 saturated carbocycles. The van der Waals surface area contributed by atoms with E-state index in [4.69, 9.17) is 16.3 Å². The normalized spacial score (nSPS) is 11.1. The lowest BCUT2D eigenvalue weighted by Gasteiger charge is -2.06. The second-order valence-electron chi connectivity index (χ2n) is 5.85. The van der Waals surface area contributed by atoms with Gasteiger partial charge in [0.25, 0.3) is 0 Å². The van der Waals surface area contributed by atoms with Gasteiger partial charge in [0.15, 0.2) is 0 Å². The Morgan fingerprint density at radius 3 is 3.00 bits per heavy atom. The number of rotatable bonds is 7. The van der Waals surface area contributed by atoms with Gasteiger partial charge in [-0.05, 0) is 36.1 Å². The molecule has 1 amide bonds. The Hall–Kier alpha value is -2.64. The zero-order valence-electron chi connectivity index (χ0n) is 15.0. The lowest BCUT2D eigenvalue weighted by atomic mass is 10.2. The molecule has 0 bridgehead atoms. The third-order valence-electron chi connectivity index (χ3n) is 3.87. The van der Waals surface area contributed by atoms with Crippen LogP contribution in [0.5, 0.6) is 5.75 Å². The number of hydrogen-bond acceptors (Lipinski definition) is 5. The topological polar surface area (TPSA) is 68.5 Å². The highest BCUT2D eigenvalue weighted by Crippen LogP contribution is 2.20. The zero-order chi connectivity index (χ0) is 19.2. The van der Waals surface area contributed by atoms with E-state index in [0.717, 1.165) is 21.9 Å².